The third kappa shape index (κ3) is 1.58. The van der Waals surface area contributed by atoms with Gasteiger partial charge in [0.1, 0.15) is 0 Å². The second-order valence-electron chi connectivity index (χ2n) is 2.82. The summed E-state index contributed by atoms with van der Waals surface area (Å²) >= 11 is 2.11. The van der Waals surface area contributed by atoms with Gasteiger partial charge in [-0.2, -0.15) is 0 Å². The number of benzene rings is 1. The number of nitrogens with one attached hydrogen (secondary N) is 1. The second-order valence-corrected chi connectivity index (χ2v) is 3.84. The summed E-state index contributed by atoms with van der Waals surface area (Å²) in [4.78, 5) is 18.4. The molecule has 0 spiro atoms. The van der Waals surface area contributed by atoms with Gasteiger partial charge < -0.3 is 4.98 Å². The predicted octanol–water partition coefficient (Wildman–Crippen LogP) is 2.37. The zero-order valence-corrected chi connectivity index (χ0v) is 9.12. The van der Waals surface area contributed by atoms with Crippen LogP contribution in [0.2, 0.25) is 0 Å². The van der Waals surface area contributed by atoms with Gasteiger partial charge in [-0.05, 0) is 47.7 Å². The Morgan fingerprint density at radius 2 is 2.31 bits per heavy atom. The van der Waals surface area contributed by atoms with Crippen LogP contribution in [0.15, 0.2) is 18.2 Å². The zero-order valence-electron chi connectivity index (χ0n) is 6.97. The molecule has 2 aromatic rings. The first-order valence-corrected chi connectivity index (χ1v) is 4.91. The number of fused-ring (bicyclic) bond motifs is 1. The first-order valence-electron chi connectivity index (χ1n) is 3.83. The molecule has 66 valence electrons. The highest BCUT2D eigenvalue weighted by Gasteiger charge is 2.03. The van der Waals surface area contributed by atoms with Crippen LogP contribution in [0, 0.1) is 3.83 Å². The van der Waals surface area contributed by atoms with Crippen LogP contribution in [0.4, 0.5) is 0 Å². The molecule has 1 heterocycles. The molecule has 1 aromatic carbocycles. The van der Waals surface area contributed by atoms with Crippen molar-refractivity contribution in [2.75, 3.05) is 0 Å². The number of H-pyrrole nitrogens is 1. The molecular weight excluding hydrogens is 279 g/mol. The van der Waals surface area contributed by atoms with E-state index in [-0.39, 0.29) is 5.78 Å². The van der Waals surface area contributed by atoms with Crippen molar-refractivity contribution in [3.8, 4) is 0 Å². The molecule has 0 saturated heterocycles. The van der Waals surface area contributed by atoms with Crippen molar-refractivity contribution in [1.29, 1.82) is 0 Å². The summed E-state index contributed by atoms with van der Waals surface area (Å²) in [6, 6.07) is 5.47. The maximum absolute atomic E-state index is 11.1. The van der Waals surface area contributed by atoms with Gasteiger partial charge in [0.05, 0.1) is 11.0 Å². The van der Waals surface area contributed by atoms with E-state index in [1.165, 1.54) is 0 Å². The molecule has 1 aromatic heterocycles. The Morgan fingerprint density at radius 3 is 3.00 bits per heavy atom. The zero-order chi connectivity index (χ0) is 9.42. The average molecular weight is 286 g/mol. The minimum Gasteiger partial charge on any atom is -0.333 e. The number of aromatic amines is 1. The summed E-state index contributed by atoms with van der Waals surface area (Å²) in [6.45, 7) is 1.56. The Hall–Kier alpha value is -0.910. The number of nitrogens with zero attached hydrogens (tertiary/aromatic N) is 1. The number of hydrogen-bond acceptors (Lipinski definition) is 2. The SMILES string of the molecule is CC(=O)c1ccc2nc(I)[nH]c2c1. The largest absolute Gasteiger partial charge is 0.333 e. The van der Waals surface area contributed by atoms with Crippen LogP contribution >= 0.6 is 22.6 Å². The molecule has 0 aliphatic carbocycles. The van der Waals surface area contributed by atoms with Gasteiger partial charge in [-0.3, -0.25) is 4.79 Å². The number of ketones is 1. The number of Topliss-reactive ketones (excluding diaryl/α,β-unsaturated/α-hetero) is 1. The Morgan fingerprint density at radius 1 is 1.54 bits per heavy atom. The lowest BCUT2D eigenvalue weighted by Gasteiger charge is -1.93. The number of hydrogen-bond donors (Lipinski definition) is 1. The molecule has 0 aliphatic heterocycles. The quantitative estimate of drug-likeness (QED) is 0.646. The smallest absolute Gasteiger partial charge is 0.169 e. The molecule has 2 rings (SSSR count). The summed E-state index contributed by atoms with van der Waals surface area (Å²) in [6.07, 6.45) is 0. The Bertz CT molecular complexity index is 475. The summed E-state index contributed by atoms with van der Waals surface area (Å²) in [5.74, 6) is 0.0755. The highest BCUT2D eigenvalue weighted by atomic mass is 127. The number of rotatable bonds is 1. The van der Waals surface area contributed by atoms with Crippen molar-refractivity contribution in [3.05, 3.63) is 27.6 Å². The first kappa shape index (κ1) is 8.68. The maximum Gasteiger partial charge on any atom is 0.169 e. The lowest BCUT2D eigenvalue weighted by atomic mass is 10.1. The van der Waals surface area contributed by atoms with Crippen LogP contribution in [0.1, 0.15) is 17.3 Å². The number of carbonyl (C=O) groups is 1. The van der Waals surface area contributed by atoms with Gasteiger partial charge in [0.25, 0.3) is 0 Å². The average Bonchev–Trinajstić information content (AvgIpc) is 2.42. The van der Waals surface area contributed by atoms with Crippen molar-refractivity contribution in [2.45, 2.75) is 6.92 Å². The van der Waals surface area contributed by atoms with Crippen LogP contribution in [-0.4, -0.2) is 15.8 Å². The molecule has 0 unspecified atom stereocenters. The van der Waals surface area contributed by atoms with Gasteiger partial charge >= 0.3 is 0 Å². The third-order valence-electron chi connectivity index (χ3n) is 1.86. The first-order chi connectivity index (χ1) is 6.16. The van der Waals surface area contributed by atoms with Gasteiger partial charge in [-0.1, -0.05) is 0 Å². The van der Waals surface area contributed by atoms with E-state index in [9.17, 15) is 4.79 Å². The van der Waals surface area contributed by atoms with Crippen LogP contribution < -0.4 is 0 Å². The van der Waals surface area contributed by atoms with E-state index in [0.717, 1.165) is 14.9 Å². The van der Waals surface area contributed by atoms with E-state index in [1.54, 1.807) is 13.0 Å². The molecule has 1 N–H and O–H groups in total. The van der Waals surface area contributed by atoms with Gasteiger partial charge in [0, 0.05) is 5.56 Å². The van der Waals surface area contributed by atoms with Crippen molar-refractivity contribution in [3.63, 3.8) is 0 Å². The highest BCUT2D eigenvalue weighted by Crippen LogP contribution is 2.14. The fourth-order valence-electron chi connectivity index (χ4n) is 1.20. The van der Waals surface area contributed by atoms with Crippen molar-refractivity contribution >= 4 is 39.4 Å². The number of imidazole rings is 1. The fourth-order valence-corrected chi connectivity index (χ4v) is 1.75. The molecule has 0 saturated carbocycles. The van der Waals surface area contributed by atoms with E-state index >= 15 is 0 Å². The standard InChI is InChI=1S/C9H7IN2O/c1-5(13)6-2-3-7-8(4-6)12-9(10)11-7/h2-4H,1H3,(H,11,12). The van der Waals surface area contributed by atoms with Crippen LogP contribution in [0.3, 0.4) is 0 Å². The Labute approximate surface area is 88.7 Å². The predicted molar refractivity (Wildman–Crippen MR) is 58.8 cm³/mol. The summed E-state index contributed by atoms with van der Waals surface area (Å²) in [5, 5.41) is 0. The normalized spacial score (nSPS) is 10.6. The monoisotopic (exact) mass is 286 g/mol. The van der Waals surface area contributed by atoms with E-state index in [0.29, 0.717) is 5.56 Å². The van der Waals surface area contributed by atoms with Gasteiger partial charge in [0.15, 0.2) is 9.61 Å². The number of carbonyl (C=O) groups excluding carboxylic acids is 1. The van der Waals surface area contributed by atoms with Crippen molar-refractivity contribution in [2.24, 2.45) is 0 Å². The molecule has 13 heavy (non-hydrogen) atoms. The minimum absolute atomic E-state index is 0.0755. The van der Waals surface area contributed by atoms with E-state index in [1.807, 2.05) is 12.1 Å². The molecule has 4 heteroatoms. The maximum atomic E-state index is 11.1. The van der Waals surface area contributed by atoms with Gasteiger partial charge in [-0.25, -0.2) is 4.98 Å². The van der Waals surface area contributed by atoms with E-state index < -0.39 is 0 Å². The third-order valence-corrected chi connectivity index (χ3v) is 2.37. The van der Waals surface area contributed by atoms with Crippen LogP contribution in [-0.2, 0) is 0 Å². The second kappa shape index (κ2) is 3.10. The molecule has 0 fully saturated rings. The topological polar surface area (TPSA) is 45.8 Å². The van der Waals surface area contributed by atoms with Crippen LogP contribution in [0.25, 0.3) is 11.0 Å². The minimum atomic E-state index is 0.0755. The number of halogens is 1. The Balaban J connectivity index is 2.67. The molecule has 0 amide bonds. The molecule has 0 radical (unpaired) electrons. The van der Waals surface area contributed by atoms with Crippen molar-refractivity contribution in [1.82, 2.24) is 9.97 Å². The molecule has 0 bridgehead atoms. The molecule has 0 atom stereocenters. The Kier molecular flexibility index (Phi) is 2.07. The molecular formula is C9H7IN2O. The molecule has 3 nitrogen and oxygen atoms in total. The molecule has 0 aliphatic rings. The lowest BCUT2D eigenvalue weighted by molar-refractivity contribution is 0.101. The summed E-state index contributed by atoms with van der Waals surface area (Å²) < 4.78 is 0.841. The fraction of sp³-hybridized carbons (Fsp3) is 0.111. The summed E-state index contributed by atoms with van der Waals surface area (Å²) in [5.41, 5.74) is 2.53. The van der Waals surface area contributed by atoms with Gasteiger partial charge in [-0.15, -0.1) is 0 Å². The van der Waals surface area contributed by atoms with Crippen molar-refractivity contribution < 1.29 is 4.79 Å². The highest BCUT2D eigenvalue weighted by molar-refractivity contribution is 14.1. The van der Waals surface area contributed by atoms with E-state index in [4.69, 9.17) is 0 Å². The summed E-state index contributed by atoms with van der Waals surface area (Å²) in [7, 11) is 0. The van der Waals surface area contributed by atoms with Gasteiger partial charge in [0.2, 0.25) is 0 Å². The number of aromatic nitrogens is 2. The lowest BCUT2D eigenvalue weighted by Crippen LogP contribution is -1.90. The van der Waals surface area contributed by atoms with Crippen LogP contribution in [0.5, 0.6) is 0 Å². The van der Waals surface area contributed by atoms with E-state index in [2.05, 4.69) is 32.6 Å².